The lowest BCUT2D eigenvalue weighted by molar-refractivity contribution is 0.0954. The van der Waals surface area contributed by atoms with Gasteiger partial charge in [-0.3, -0.25) is 4.79 Å². The Labute approximate surface area is 178 Å². The lowest BCUT2D eigenvalue weighted by Gasteiger charge is -2.31. The fourth-order valence-electron chi connectivity index (χ4n) is 3.55. The van der Waals surface area contributed by atoms with Gasteiger partial charge in [-0.2, -0.15) is 0 Å². The number of carbonyl (C=O) groups excluding carboxylic acids is 1. The quantitative estimate of drug-likeness (QED) is 0.640. The van der Waals surface area contributed by atoms with E-state index in [-0.39, 0.29) is 24.4 Å². The van der Waals surface area contributed by atoms with Crippen molar-refractivity contribution >= 4 is 22.9 Å². The van der Waals surface area contributed by atoms with Crippen molar-refractivity contribution in [3.05, 3.63) is 58.0 Å². The van der Waals surface area contributed by atoms with Crippen molar-refractivity contribution in [2.45, 2.75) is 39.3 Å². The number of thiazole rings is 1. The van der Waals surface area contributed by atoms with Crippen LogP contribution in [0.2, 0.25) is 0 Å². The predicted molar refractivity (Wildman–Crippen MR) is 114 cm³/mol. The fraction of sp³-hybridized carbons (Fsp3) is 0.364. The van der Waals surface area contributed by atoms with Gasteiger partial charge in [-0.25, -0.2) is 9.37 Å². The summed E-state index contributed by atoms with van der Waals surface area (Å²) in [5.74, 6) is 0.870. The SMILES string of the molecule is Cc1ccc(-c2nc(C)c(C(=O)NCc3ccc(N4CCC(O)CC4)c(F)c3)s2)o1. The van der Waals surface area contributed by atoms with Gasteiger partial charge in [0.05, 0.1) is 17.5 Å². The number of aromatic nitrogens is 1. The van der Waals surface area contributed by atoms with Crippen LogP contribution in [-0.2, 0) is 6.54 Å². The molecular weight excluding hydrogens is 405 g/mol. The number of carbonyl (C=O) groups is 1. The number of furan rings is 1. The average molecular weight is 430 g/mol. The highest BCUT2D eigenvalue weighted by Crippen LogP contribution is 2.29. The van der Waals surface area contributed by atoms with Crippen LogP contribution < -0.4 is 10.2 Å². The first-order chi connectivity index (χ1) is 14.4. The standard InChI is InChI=1S/C22H24FN3O3S/c1-13-3-6-19(29-13)22-25-14(2)20(30-22)21(28)24-12-15-4-5-18(17(23)11-15)26-9-7-16(27)8-10-26/h3-6,11,16,27H,7-10,12H2,1-2H3,(H,24,28). The maximum atomic E-state index is 14.6. The molecular formula is C22H24FN3O3S. The molecule has 0 saturated carbocycles. The second kappa shape index (κ2) is 8.57. The molecule has 8 heteroatoms. The van der Waals surface area contributed by atoms with Crippen LogP contribution in [-0.4, -0.2) is 35.2 Å². The molecule has 2 N–H and O–H groups in total. The number of hydrogen-bond donors (Lipinski definition) is 2. The predicted octanol–water partition coefficient (Wildman–Crippen LogP) is 4.05. The molecule has 1 saturated heterocycles. The number of aliphatic hydroxyl groups is 1. The number of aryl methyl sites for hydroxylation is 2. The van der Waals surface area contributed by atoms with E-state index in [1.807, 2.05) is 30.0 Å². The lowest BCUT2D eigenvalue weighted by Crippen LogP contribution is -2.36. The number of aliphatic hydroxyl groups excluding tert-OH is 1. The van der Waals surface area contributed by atoms with Gasteiger partial charge in [-0.15, -0.1) is 11.3 Å². The largest absolute Gasteiger partial charge is 0.459 e. The van der Waals surface area contributed by atoms with Crippen molar-refractivity contribution in [3.8, 4) is 10.8 Å². The van der Waals surface area contributed by atoms with Gasteiger partial charge in [0.25, 0.3) is 5.91 Å². The van der Waals surface area contributed by atoms with Crippen LogP contribution in [0.4, 0.5) is 10.1 Å². The number of amides is 1. The fourth-order valence-corrected chi connectivity index (χ4v) is 4.49. The smallest absolute Gasteiger partial charge is 0.263 e. The summed E-state index contributed by atoms with van der Waals surface area (Å²) in [5.41, 5.74) is 1.86. The number of benzene rings is 1. The number of halogens is 1. The highest BCUT2D eigenvalue weighted by atomic mass is 32.1. The molecule has 0 bridgehead atoms. The second-order valence-corrected chi connectivity index (χ2v) is 8.53. The number of nitrogens with one attached hydrogen (secondary N) is 1. The molecule has 0 spiro atoms. The van der Waals surface area contributed by atoms with Crippen LogP contribution in [0.5, 0.6) is 0 Å². The molecule has 1 aromatic carbocycles. The van der Waals surface area contributed by atoms with Gasteiger partial charge < -0.3 is 19.7 Å². The third-order valence-electron chi connectivity index (χ3n) is 5.22. The second-order valence-electron chi connectivity index (χ2n) is 7.53. The molecule has 1 aliphatic rings. The minimum Gasteiger partial charge on any atom is -0.459 e. The van der Waals surface area contributed by atoms with E-state index in [1.165, 1.54) is 17.4 Å². The van der Waals surface area contributed by atoms with Crippen LogP contribution >= 0.6 is 11.3 Å². The van der Waals surface area contributed by atoms with Crippen LogP contribution in [0.1, 0.15) is 39.5 Å². The first kappa shape index (κ1) is 20.6. The van der Waals surface area contributed by atoms with Gasteiger partial charge in [0.15, 0.2) is 10.8 Å². The molecule has 1 fully saturated rings. The van der Waals surface area contributed by atoms with Gasteiger partial charge >= 0.3 is 0 Å². The highest BCUT2D eigenvalue weighted by molar-refractivity contribution is 7.17. The maximum absolute atomic E-state index is 14.6. The molecule has 1 aliphatic heterocycles. The van der Waals surface area contributed by atoms with E-state index in [9.17, 15) is 14.3 Å². The molecule has 0 atom stereocenters. The molecule has 30 heavy (non-hydrogen) atoms. The molecule has 6 nitrogen and oxygen atoms in total. The summed E-state index contributed by atoms with van der Waals surface area (Å²) in [6.45, 7) is 5.14. The number of anilines is 1. The van der Waals surface area contributed by atoms with Crippen molar-refractivity contribution in [1.82, 2.24) is 10.3 Å². The zero-order chi connectivity index (χ0) is 21.3. The Morgan fingerprint density at radius 2 is 2.07 bits per heavy atom. The molecule has 3 aromatic rings. The summed E-state index contributed by atoms with van der Waals surface area (Å²) in [4.78, 5) is 19.5. The van der Waals surface area contributed by atoms with E-state index in [0.29, 0.717) is 58.5 Å². The highest BCUT2D eigenvalue weighted by Gasteiger charge is 2.20. The number of hydrogen-bond acceptors (Lipinski definition) is 6. The Bertz CT molecular complexity index is 1050. The molecule has 3 heterocycles. The summed E-state index contributed by atoms with van der Waals surface area (Å²) in [7, 11) is 0. The van der Waals surface area contributed by atoms with Crippen molar-refractivity contribution in [1.29, 1.82) is 0 Å². The van der Waals surface area contributed by atoms with E-state index in [1.54, 1.807) is 13.0 Å². The Morgan fingerprint density at radius 1 is 1.30 bits per heavy atom. The van der Waals surface area contributed by atoms with E-state index < -0.39 is 0 Å². The molecule has 158 valence electrons. The average Bonchev–Trinajstić information content (AvgIpc) is 3.33. The summed E-state index contributed by atoms with van der Waals surface area (Å²) < 4.78 is 20.2. The van der Waals surface area contributed by atoms with E-state index in [0.717, 1.165) is 5.76 Å². The number of nitrogens with zero attached hydrogens (tertiary/aromatic N) is 2. The van der Waals surface area contributed by atoms with E-state index >= 15 is 0 Å². The Hall–Kier alpha value is -2.71. The molecule has 0 aliphatic carbocycles. The molecule has 0 unspecified atom stereocenters. The summed E-state index contributed by atoms with van der Waals surface area (Å²) in [6.07, 6.45) is 0.988. The molecule has 0 radical (unpaired) electrons. The first-order valence-corrected chi connectivity index (χ1v) is 10.8. The minimum atomic E-state index is -0.317. The Kier molecular flexibility index (Phi) is 5.87. The van der Waals surface area contributed by atoms with Crippen molar-refractivity contribution in [2.24, 2.45) is 0 Å². The maximum Gasteiger partial charge on any atom is 0.263 e. The monoisotopic (exact) mass is 429 g/mol. The summed E-state index contributed by atoms with van der Waals surface area (Å²) in [6, 6.07) is 8.71. The number of rotatable bonds is 5. The zero-order valence-electron chi connectivity index (χ0n) is 16.9. The van der Waals surface area contributed by atoms with Gasteiger partial charge in [-0.05, 0) is 56.5 Å². The molecule has 2 aromatic heterocycles. The zero-order valence-corrected chi connectivity index (χ0v) is 17.8. The summed E-state index contributed by atoms with van der Waals surface area (Å²) in [5, 5.41) is 13.1. The van der Waals surface area contributed by atoms with Crippen LogP contribution in [0.15, 0.2) is 34.7 Å². The van der Waals surface area contributed by atoms with Crippen LogP contribution in [0.3, 0.4) is 0 Å². The van der Waals surface area contributed by atoms with E-state index in [4.69, 9.17) is 4.42 Å². The number of piperidine rings is 1. The van der Waals surface area contributed by atoms with Gasteiger partial charge in [-0.1, -0.05) is 6.07 Å². The third kappa shape index (κ3) is 4.39. The van der Waals surface area contributed by atoms with Crippen molar-refractivity contribution in [2.75, 3.05) is 18.0 Å². The van der Waals surface area contributed by atoms with Gasteiger partial charge in [0.2, 0.25) is 0 Å². The van der Waals surface area contributed by atoms with Crippen molar-refractivity contribution < 1.29 is 18.7 Å². The topological polar surface area (TPSA) is 78.6 Å². The first-order valence-electron chi connectivity index (χ1n) is 9.94. The molecule has 4 rings (SSSR count). The Balaban J connectivity index is 1.40. The lowest BCUT2D eigenvalue weighted by atomic mass is 10.1. The van der Waals surface area contributed by atoms with E-state index in [2.05, 4.69) is 10.3 Å². The van der Waals surface area contributed by atoms with Gasteiger partial charge in [0.1, 0.15) is 16.5 Å². The Morgan fingerprint density at radius 3 is 2.73 bits per heavy atom. The molecule has 1 amide bonds. The van der Waals surface area contributed by atoms with Gasteiger partial charge in [0, 0.05) is 19.6 Å². The summed E-state index contributed by atoms with van der Waals surface area (Å²) >= 11 is 1.28. The normalized spacial score (nSPS) is 14.9. The van der Waals surface area contributed by atoms with Crippen molar-refractivity contribution in [3.63, 3.8) is 0 Å². The minimum absolute atomic E-state index is 0.223. The van der Waals surface area contributed by atoms with Crippen LogP contribution in [0, 0.1) is 19.7 Å². The van der Waals surface area contributed by atoms with Crippen LogP contribution in [0.25, 0.3) is 10.8 Å². The third-order valence-corrected chi connectivity index (χ3v) is 6.40.